The maximum atomic E-state index is 9.06. The molecule has 0 saturated carbocycles. The highest BCUT2D eigenvalue weighted by Crippen LogP contribution is 2.34. The molecule has 0 radical (unpaired) electrons. The van der Waals surface area contributed by atoms with Crippen LogP contribution < -0.4 is 10.5 Å². The molecule has 0 aliphatic rings. The monoisotopic (exact) mass is 277 g/mol. The third kappa shape index (κ3) is 3.26. The Hall–Kier alpha value is -1.55. The zero-order valence-corrected chi connectivity index (χ0v) is 11.2. The average Bonchev–Trinajstić information content (AvgIpc) is 2.43. The van der Waals surface area contributed by atoms with Crippen LogP contribution in [0.25, 0.3) is 0 Å². The van der Waals surface area contributed by atoms with Gasteiger partial charge in [0.25, 0.3) is 0 Å². The van der Waals surface area contributed by atoms with Gasteiger partial charge in [0.1, 0.15) is 11.5 Å². The lowest BCUT2D eigenvalue weighted by atomic mass is 10.1. The number of aliphatic hydroxyl groups excluding tert-OH is 1. The Kier molecular flexibility index (Phi) is 4.80. The molecule has 0 bridgehead atoms. The van der Waals surface area contributed by atoms with Crippen molar-refractivity contribution in [3.63, 3.8) is 0 Å². The Morgan fingerprint density at radius 1 is 1.05 bits per heavy atom. The normalized spacial score (nSPS) is 10.5. The molecular weight excluding hydrogens is 262 g/mol. The minimum atomic E-state index is 0.0760. The highest BCUT2D eigenvalue weighted by Gasteiger charge is 2.10. The number of nitrogens with two attached hydrogens (primary N) is 1. The van der Waals surface area contributed by atoms with Crippen molar-refractivity contribution in [2.75, 3.05) is 6.61 Å². The second-order valence-electron chi connectivity index (χ2n) is 4.12. The van der Waals surface area contributed by atoms with E-state index in [2.05, 4.69) is 0 Å². The van der Waals surface area contributed by atoms with Gasteiger partial charge in [0.2, 0.25) is 0 Å². The highest BCUT2D eigenvalue weighted by atomic mass is 35.5. The lowest BCUT2D eigenvalue weighted by Gasteiger charge is -2.14. The zero-order chi connectivity index (χ0) is 13.7. The Balaban J connectivity index is 2.36. The van der Waals surface area contributed by atoms with Crippen molar-refractivity contribution in [2.45, 2.75) is 13.0 Å². The fraction of sp³-hybridized carbons (Fsp3) is 0.200. The summed E-state index contributed by atoms with van der Waals surface area (Å²) in [5.41, 5.74) is 7.48. The second kappa shape index (κ2) is 6.57. The van der Waals surface area contributed by atoms with Crippen LogP contribution in [0, 0.1) is 0 Å². The maximum absolute atomic E-state index is 9.06. The van der Waals surface area contributed by atoms with Gasteiger partial charge in [-0.25, -0.2) is 0 Å². The quantitative estimate of drug-likeness (QED) is 0.883. The van der Waals surface area contributed by atoms with Crippen molar-refractivity contribution in [3.05, 3.63) is 58.6 Å². The molecule has 100 valence electrons. The molecule has 0 heterocycles. The molecule has 0 amide bonds. The second-order valence-corrected chi connectivity index (χ2v) is 4.52. The standard InChI is InChI=1S/C15H16ClNO2/c16-13-6-3-5-12(10-17)15(13)19-14-7-2-1-4-11(14)8-9-18/h1-7,18H,8-10,17H2. The molecule has 0 fully saturated rings. The van der Waals surface area contributed by atoms with Crippen LogP contribution in [0.15, 0.2) is 42.5 Å². The van der Waals surface area contributed by atoms with Gasteiger partial charge in [0, 0.05) is 18.7 Å². The van der Waals surface area contributed by atoms with E-state index in [1.165, 1.54) is 0 Å². The van der Waals surface area contributed by atoms with E-state index in [1.54, 1.807) is 6.07 Å². The molecule has 0 unspecified atom stereocenters. The van der Waals surface area contributed by atoms with Gasteiger partial charge >= 0.3 is 0 Å². The molecule has 0 atom stereocenters. The summed E-state index contributed by atoms with van der Waals surface area (Å²) in [5, 5.41) is 9.59. The van der Waals surface area contributed by atoms with E-state index < -0.39 is 0 Å². The number of ether oxygens (including phenoxy) is 1. The zero-order valence-electron chi connectivity index (χ0n) is 10.5. The molecule has 4 heteroatoms. The molecule has 19 heavy (non-hydrogen) atoms. The van der Waals surface area contributed by atoms with Gasteiger partial charge in [-0.1, -0.05) is 41.9 Å². The summed E-state index contributed by atoms with van der Waals surface area (Å²) in [6, 6.07) is 13.1. The Morgan fingerprint density at radius 3 is 2.53 bits per heavy atom. The van der Waals surface area contributed by atoms with Crippen LogP contribution in [0.3, 0.4) is 0 Å². The summed E-state index contributed by atoms with van der Waals surface area (Å²) >= 11 is 6.16. The number of halogens is 1. The molecule has 0 spiro atoms. The summed E-state index contributed by atoms with van der Waals surface area (Å²) in [7, 11) is 0. The van der Waals surface area contributed by atoms with Gasteiger partial charge < -0.3 is 15.6 Å². The van der Waals surface area contributed by atoms with Crippen LogP contribution in [0.2, 0.25) is 5.02 Å². The molecule has 3 nitrogen and oxygen atoms in total. The molecule has 0 saturated heterocycles. The SMILES string of the molecule is NCc1cccc(Cl)c1Oc1ccccc1CCO. The first-order valence-corrected chi connectivity index (χ1v) is 6.48. The first-order chi connectivity index (χ1) is 9.26. The van der Waals surface area contributed by atoms with Crippen LogP contribution >= 0.6 is 11.6 Å². The molecule has 0 aliphatic carbocycles. The largest absolute Gasteiger partial charge is 0.455 e. The van der Waals surface area contributed by atoms with Crippen LogP contribution in [0.4, 0.5) is 0 Å². The number of aliphatic hydroxyl groups is 1. The smallest absolute Gasteiger partial charge is 0.150 e. The van der Waals surface area contributed by atoms with E-state index in [-0.39, 0.29) is 6.61 Å². The Bertz CT molecular complexity index is 558. The van der Waals surface area contributed by atoms with Gasteiger partial charge in [-0.3, -0.25) is 0 Å². The first kappa shape index (κ1) is 13.9. The third-order valence-electron chi connectivity index (χ3n) is 2.83. The number of hydrogen-bond acceptors (Lipinski definition) is 3. The minimum Gasteiger partial charge on any atom is -0.455 e. The molecule has 2 aromatic rings. The summed E-state index contributed by atoms with van der Waals surface area (Å²) < 4.78 is 5.89. The number of benzene rings is 2. The molecular formula is C15H16ClNO2. The Morgan fingerprint density at radius 2 is 1.79 bits per heavy atom. The molecule has 0 aliphatic heterocycles. The third-order valence-corrected chi connectivity index (χ3v) is 3.13. The van der Waals surface area contributed by atoms with Gasteiger partial charge in [-0.2, -0.15) is 0 Å². The van der Waals surface area contributed by atoms with E-state index in [1.807, 2.05) is 36.4 Å². The number of rotatable bonds is 5. The first-order valence-electron chi connectivity index (χ1n) is 6.10. The summed E-state index contributed by atoms with van der Waals surface area (Å²) in [4.78, 5) is 0. The predicted molar refractivity (Wildman–Crippen MR) is 76.6 cm³/mol. The van der Waals surface area contributed by atoms with Gasteiger partial charge in [-0.05, 0) is 24.1 Å². The number of para-hydroxylation sites is 2. The molecule has 3 N–H and O–H groups in total. The highest BCUT2D eigenvalue weighted by molar-refractivity contribution is 6.32. The lowest BCUT2D eigenvalue weighted by Crippen LogP contribution is -2.01. The van der Waals surface area contributed by atoms with Crippen molar-refractivity contribution in [3.8, 4) is 11.5 Å². The van der Waals surface area contributed by atoms with Crippen molar-refractivity contribution in [2.24, 2.45) is 5.73 Å². The fourth-order valence-electron chi connectivity index (χ4n) is 1.87. The van der Waals surface area contributed by atoms with Crippen molar-refractivity contribution in [1.29, 1.82) is 0 Å². The summed E-state index contributed by atoms with van der Waals surface area (Å²) in [6.07, 6.45) is 0.540. The topological polar surface area (TPSA) is 55.5 Å². The minimum absolute atomic E-state index is 0.0760. The number of hydrogen-bond donors (Lipinski definition) is 2. The molecule has 2 aromatic carbocycles. The van der Waals surface area contributed by atoms with E-state index in [4.69, 9.17) is 27.2 Å². The van der Waals surface area contributed by atoms with E-state index in [0.717, 1.165) is 11.1 Å². The van der Waals surface area contributed by atoms with Crippen molar-refractivity contribution in [1.82, 2.24) is 0 Å². The predicted octanol–water partition coefficient (Wildman–Crippen LogP) is 3.13. The van der Waals surface area contributed by atoms with Gasteiger partial charge in [0.05, 0.1) is 5.02 Å². The van der Waals surface area contributed by atoms with Crippen molar-refractivity contribution < 1.29 is 9.84 Å². The van der Waals surface area contributed by atoms with Crippen LogP contribution in [-0.2, 0) is 13.0 Å². The molecule has 0 aromatic heterocycles. The summed E-state index contributed by atoms with van der Waals surface area (Å²) in [6.45, 7) is 0.435. The van der Waals surface area contributed by atoms with E-state index in [0.29, 0.717) is 29.5 Å². The van der Waals surface area contributed by atoms with E-state index >= 15 is 0 Å². The van der Waals surface area contributed by atoms with Crippen LogP contribution in [0.1, 0.15) is 11.1 Å². The van der Waals surface area contributed by atoms with Gasteiger partial charge in [-0.15, -0.1) is 0 Å². The van der Waals surface area contributed by atoms with Crippen LogP contribution in [-0.4, -0.2) is 11.7 Å². The fourth-order valence-corrected chi connectivity index (χ4v) is 2.10. The van der Waals surface area contributed by atoms with Gasteiger partial charge in [0.15, 0.2) is 0 Å². The maximum Gasteiger partial charge on any atom is 0.150 e. The lowest BCUT2D eigenvalue weighted by molar-refractivity contribution is 0.298. The van der Waals surface area contributed by atoms with Crippen molar-refractivity contribution >= 4 is 11.6 Å². The Labute approximate surface area is 117 Å². The van der Waals surface area contributed by atoms with E-state index in [9.17, 15) is 0 Å². The summed E-state index contributed by atoms with van der Waals surface area (Å²) in [5.74, 6) is 1.27. The molecule has 2 rings (SSSR count). The average molecular weight is 278 g/mol. The van der Waals surface area contributed by atoms with Crippen LogP contribution in [0.5, 0.6) is 11.5 Å².